The first-order valence-electron chi connectivity index (χ1n) is 8.38. The third-order valence-corrected chi connectivity index (χ3v) is 4.44. The second kappa shape index (κ2) is 6.51. The Balaban J connectivity index is 1.72. The molecule has 0 aliphatic heterocycles. The minimum Gasteiger partial charge on any atom is -0.440 e. The summed E-state index contributed by atoms with van der Waals surface area (Å²) in [5, 5.41) is 2.99. The lowest BCUT2D eigenvalue weighted by Crippen LogP contribution is -2.24. The number of hydrogen-bond donors (Lipinski definition) is 1. The molecule has 1 aliphatic rings. The zero-order chi connectivity index (χ0) is 15.5. The van der Waals surface area contributed by atoms with Gasteiger partial charge in [0.05, 0.1) is 0 Å². The number of unbranched alkanes of at least 4 members (excludes halogenated alkanes) is 1. The van der Waals surface area contributed by atoms with E-state index in [1.807, 2.05) is 13.0 Å². The van der Waals surface area contributed by atoms with Gasteiger partial charge in [0.1, 0.15) is 5.52 Å². The molecular weight excluding hydrogens is 276 g/mol. The molecule has 0 unspecified atom stereocenters. The quantitative estimate of drug-likeness (QED) is 0.846. The number of fused-ring (bicyclic) bond motifs is 1. The second-order valence-electron chi connectivity index (χ2n) is 6.17. The van der Waals surface area contributed by atoms with E-state index < -0.39 is 0 Å². The Morgan fingerprint density at radius 1 is 1.41 bits per heavy atom. The molecule has 4 heteroatoms. The smallest absolute Gasteiger partial charge is 0.219 e. The molecule has 1 N–H and O–H groups in total. The molecule has 1 aliphatic carbocycles. The first-order valence-corrected chi connectivity index (χ1v) is 8.38. The highest BCUT2D eigenvalue weighted by molar-refractivity contribution is 5.78. The Labute approximate surface area is 131 Å². The Morgan fingerprint density at radius 3 is 3.05 bits per heavy atom. The molecule has 0 bridgehead atoms. The molecule has 2 aromatic rings. The number of aryl methyl sites for hydroxylation is 1. The van der Waals surface area contributed by atoms with Crippen LogP contribution in [0.15, 0.2) is 22.6 Å². The number of hydrogen-bond acceptors (Lipinski definition) is 3. The maximum Gasteiger partial charge on any atom is 0.219 e. The molecule has 22 heavy (non-hydrogen) atoms. The number of benzene rings is 1. The second-order valence-corrected chi connectivity index (χ2v) is 6.17. The zero-order valence-corrected chi connectivity index (χ0v) is 13.4. The van der Waals surface area contributed by atoms with E-state index in [1.54, 1.807) is 0 Å². The van der Waals surface area contributed by atoms with Crippen molar-refractivity contribution in [2.24, 2.45) is 5.92 Å². The van der Waals surface area contributed by atoms with Crippen molar-refractivity contribution in [3.05, 3.63) is 29.7 Å². The predicted molar refractivity (Wildman–Crippen MR) is 86.8 cm³/mol. The molecule has 2 atom stereocenters. The molecule has 1 saturated carbocycles. The molecule has 1 amide bonds. The fraction of sp³-hybridized carbons (Fsp3) is 0.556. The number of nitrogens with zero attached hydrogens (tertiary/aromatic N) is 1. The van der Waals surface area contributed by atoms with Gasteiger partial charge in [-0.15, -0.1) is 0 Å². The highest BCUT2D eigenvalue weighted by atomic mass is 16.3. The first kappa shape index (κ1) is 15.1. The van der Waals surface area contributed by atoms with Crippen LogP contribution in [-0.2, 0) is 11.2 Å². The average molecular weight is 300 g/mol. The Morgan fingerprint density at radius 2 is 2.27 bits per heavy atom. The van der Waals surface area contributed by atoms with Crippen molar-refractivity contribution in [2.75, 3.05) is 6.54 Å². The van der Waals surface area contributed by atoms with Crippen LogP contribution >= 0.6 is 0 Å². The van der Waals surface area contributed by atoms with Gasteiger partial charge in [-0.05, 0) is 30.7 Å². The number of rotatable bonds is 7. The first-order chi connectivity index (χ1) is 10.7. The summed E-state index contributed by atoms with van der Waals surface area (Å²) in [5.41, 5.74) is 3.17. The van der Waals surface area contributed by atoms with Crippen LogP contribution in [0.5, 0.6) is 0 Å². The van der Waals surface area contributed by atoms with Gasteiger partial charge in [-0.25, -0.2) is 4.98 Å². The summed E-state index contributed by atoms with van der Waals surface area (Å²) in [6.07, 6.45) is 4.83. The normalized spacial score (nSPS) is 20.3. The van der Waals surface area contributed by atoms with Gasteiger partial charge in [0, 0.05) is 24.9 Å². The van der Waals surface area contributed by atoms with Crippen LogP contribution in [0.25, 0.3) is 11.1 Å². The summed E-state index contributed by atoms with van der Waals surface area (Å²) < 4.78 is 6.00. The van der Waals surface area contributed by atoms with E-state index in [0.29, 0.717) is 18.3 Å². The number of amides is 1. The van der Waals surface area contributed by atoms with Crippen LogP contribution in [0.1, 0.15) is 56.9 Å². The summed E-state index contributed by atoms with van der Waals surface area (Å²) in [7, 11) is 0. The van der Waals surface area contributed by atoms with Crippen molar-refractivity contribution < 1.29 is 9.21 Å². The number of oxazole rings is 1. The number of carbonyl (C=O) groups is 1. The van der Waals surface area contributed by atoms with Crippen molar-refractivity contribution in [3.8, 4) is 0 Å². The summed E-state index contributed by atoms with van der Waals surface area (Å²) in [5.74, 6) is 2.00. The fourth-order valence-electron chi connectivity index (χ4n) is 2.97. The summed E-state index contributed by atoms with van der Waals surface area (Å²) >= 11 is 0. The Bertz CT molecular complexity index is 662. The zero-order valence-electron chi connectivity index (χ0n) is 13.4. The van der Waals surface area contributed by atoms with E-state index in [9.17, 15) is 4.79 Å². The molecule has 1 aromatic carbocycles. The minimum absolute atomic E-state index is 0.130. The number of para-hydroxylation sites is 1. The standard InChI is InChI=1S/C18H24N2O2/c1-3-5-9-17-20-15-8-6-7-13(18(15)22-17)14-10-12(14)11-19-16(21)4-2/h6-8,12,14H,3-5,9-11H2,1-2H3,(H,19,21)/t12-,14+/m0/s1. The maximum atomic E-state index is 11.4. The van der Waals surface area contributed by atoms with E-state index in [0.717, 1.165) is 49.2 Å². The molecule has 1 aromatic heterocycles. The molecule has 1 fully saturated rings. The van der Waals surface area contributed by atoms with Crippen molar-refractivity contribution in [3.63, 3.8) is 0 Å². The Hall–Kier alpha value is -1.84. The van der Waals surface area contributed by atoms with E-state index in [1.165, 1.54) is 5.56 Å². The van der Waals surface area contributed by atoms with Crippen LogP contribution in [0.2, 0.25) is 0 Å². The highest BCUT2D eigenvalue weighted by Crippen LogP contribution is 2.49. The number of aromatic nitrogens is 1. The third kappa shape index (κ3) is 3.16. The molecule has 0 radical (unpaired) electrons. The molecular formula is C18H24N2O2. The van der Waals surface area contributed by atoms with Crippen LogP contribution in [0, 0.1) is 5.92 Å². The SMILES string of the molecule is CCCCc1nc2cccc([C@@H]3C[C@H]3CNC(=O)CC)c2o1. The molecule has 3 rings (SSSR count). The van der Waals surface area contributed by atoms with Gasteiger partial charge in [-0.3, -0.25) is 4.79 Å². The molecule has 1 heterocycles. The predicted octanol–water partition coefficient (Wildman–Crippen LogP) is 3.80. The lowest BCUT2D eigenvalue weighted by molar-refractivity contribution is -0.120. The van der Waals surface area contributed by atoms with Gasteiger partial charge in [-0.2, -0.15) is 0 Å². The summed E-state index contributed by atoms with van der Waals surface area (Å²) in [4.78, 5) is 16.0. The van der Waals surface area contributed by atoms with E-state index in [-0.39, 0.29) is 5.91 Å². The topological polar surface area (TPSA) is 55.1 Å². The van der Waals surface area contributed by atoms with E-state index in [2.05, 4.69) is 29.4 Å². The lowest BCUT2D eigenvalue weighted by atomic mass is 10.1. The van der Waals surface area contributed by atoms with E-state index >= 15 is 0 Å². The monoisotopic (exact) mass is 300 g/mol. The van der Waals surface area contributed by atoms with Gasteiger partial charge in [-0.1, -0.05) is 32.4 Å². The molecule has 4 nitrogen and oxygen atoms in total. The molecule has 118 valence electrons. The van der Waals surface area contributed by atoms with Crippen molar-refractivity contribution in [2.45, 2.75) is 51.9 Å². The number of nitrogens with one attached hydrogen (secondary N) is 1. The van der Waals surface area contributed by atoms with Gasteiger partial charge in [0.25, 0.3) is 0 Å². The third-order valence-electron chi connectivity index (χ3n) is 4.44. The van der Waals surface area contributed by atoms with Crippen LogP contribution in [-0.4, -0.2) is 17.4 Å². The van der Waals surface area contributed by atoms with Crippen molar-refractivity contribution >= 4 is 17.0 Å². The van der Waals surface area contributed by atoms with Crippen LogP contribution in [0.3, 0.4) is 0 Å². The maximum absolute atomic E-state index is 11.4. The van der Waals surface area contributed by atoms with E-state index in [4.69, 9.17) is 4.42 Å². The fourth-order valence-corrected chi connectivity index (χ4v) is 2.97. The summed E-state index contributed by atoms with van der Waals surface area (Å²) in [6.45, 7) is 4.82. The van der Waals surface area contributed by atoms with Gasteiger partial charge < -0.3 is 9.73 Å². The van der Waals surface area contributed by atoms with Gasteiger partial charge in [0.2, 0.25) is 5.91 Å². The molecule has 0 spiro atoms. The lowest BCUT2D eigenvalue weighted by Gasteiger charge is -2.03. The van der Waals surface area contributed by atoms with Crippen LogP contribution in [0.4, 0.5) is 0 Å². The van der Waals surface area contributed by atoms with Gasteiger partial charge in [0.15, 0.2) is 11.5 Å². The molecule has 0 saturated heterocycles. The number of carbonyl (C=O) groups excluding carboxylic acids is 1. The summed E-state index contributed by atoms with van der Waals surface area (Å²) in [6, 6.07) is 6.22. The highest BCUT2D eigenvalue weighted by Gasteiger charge is 2.40. The minimum atomic E-state index is 0.130. The Kier molecular flexibility index (Phi) is 4.46. The van der Waals surface area contributed by atoms with Crippen LogP contribution < -0.4 is 5.32 Å². The van der Waals surface area contributed by atoms with Crippen molar-refractivity contribution in [1.29, 1.82) is 0 Å². The largest absolute Gasteiger partial charge is 0.440 e. The van der Waals surface area contributed by atoms with Gasteiger partial charge >= 0.3 is 0 Å². The van der Waals surface area contributed by atoms with Crippen molar-refractivity contribution in [1.82, 2.24) is 10.3 Å². The average Bonchev–Trinajstić information content (AvgIpc) is 3.18.